The number of nitrogens with zero attached hydrogens (tertiary/aromatic N) is 6. The molecule has 0 saturated heterocycles. The number of fused-ring (bicyclic) bond motifs is 1. The summed E-state index contributed by atoms with van der Waals surface area (Å²) in [4.78, 5) is 38.6. The maximum absolute atomic E-state index is 15.6. The third-order valence-corrected chi connectivity index (χ3v) is 6.80. The summed E-state index contributed by atoms with van der Waals surface area (Å²) < 4.78 is 18.8. The lowest BCUT2D eigenvalue weighted by molar-refractivity contribution is 0.0919. The van der Waals surface area contributed by atoms with Gasteiger partial charge >= 0.3 is 0 Å². The van der Waals surface area contributed by atoms with Gasteiger partial charge in [0.05, 0.1) is 34.0 Å². The van der Waals surface area contributed by atoms with E-state index in [1.165, 1.54) is 17.1 Å². The highest BCUT2D eigenvalue weighted by Gasteiger charge is 2.48. The van der Waals surface area contributed by atoms with Crippen molar-refractivity contribution in [2.75, 3.05) is 0 Å². The lowest BCUT2D eigenvalue weighted by atomic mass is 9.99. The van der Waals surface area contributed by atoms with Crippen molar-refractivity contribution in [3.05, 3.63) is 69.6 Å². The Balaban J connectivity index is 1.47. The quantitative estimate of drug-likeness (QED) is 0.412. The predicted octanol–water partition coefficient (Wildman–Crippen LogP) is 4.42. The molecule has 9 nitrogen and oxygen atoms in total. The van der Waals surface area contributed by atoms with Gasteiger partial charge in [0.25, 0.3) is 11.5 Å². The summed E-state index contributed by atoms with van der Waals surface area (Å²) in [5.41, 5.74) is 0.0366. The van der Waals surface area contributed by atoms with Gasteiger partial charge in [0, 0.05) is 35.6 Å². The van der Waals surface area contributed by atoms with Gasteiger partial charge in [-0.1, -0.05) is 23.7 Å². The average molecular weight is 510 g/mol. The second kappa shape index (κ2) is 8.77. The fourth-order valence-electron chi connectivity index (χ4n) is 4.29. The van der Waals surface area contributed by atoms with Gasteiger partial charge in [-0.15, -0.1) is 0 Å². The summed E-state index contributed by atoms with van der Waals surface area (Å²) in [7, 11) is 0. The van der Waals surface area contributed by atoms with Crippen molar-refractivity contribution in [1.29, 1.82) is 0 Å². The first-order chi connectivity index (χ1) is 17.1. The molecule has 1 amide bonds. The van der Waals surface area contributed by atoms with Crippen molar-refractivity contribution >= 4 is 28.5 Å². The van der Waals surface area contributed by atoms with Gasteiger partial charge in [-0.05, 0) is 40.5 Å². The van der Waals surface area contributed by atoms with Crippen LogP contribution in [0.2, 0.25) is 5.02 Å². The Kier molecular flexibility index (Phi) is 5.86. The van der Waals surface area contributed by atoms with Gasteiger partial charge in [0.1, 0.15) is 5.82 Å². The Morgan fingerprint density at radius 3 is 2.53 bits per heavy atom. The molecular formula is C25H25ClFN7O2. The highest BCUT2D eigenvalue weighted by Crippen LogP contribution is 2.48. The van der Waals surface area contributed by atoms with Crippen molar-refractivity contribution in [3.8, 4) is 11.1 Å². The number of nitrogens with one attached hydrogen (secondary N) is 1. The summed E-state index contributed by atoms with van der Waals surface area (Å²) in [6.45, 7) is 7.64. The van der Waals surface area contributed by atoms with Crippen molar-refractivity contribution in [1.82, 2.24) is 34.6 Å². The van der Waals surface area contributed by atoms with Crippen molar-refractivity contribution in [2.45, 2.75) is 58.2 Å². The van der Waals surface area contributed by atoms with E-state index in [2.05, 4.69) is 25.4 Å². The molecule has 0 bridgehead atoms. The number of benzene rings is 1. The standard InChI is InChI=1S/C25H25ClFN7O2/c1-13(2)33-12-28-11-17(24(33)36)16-5-6-18(20(27)19(16)26)25(7-8-25)32-23(35)21-29-9-15-10-30-34(14(3)4)22(15)31-21/h5-6,9-14H,7-8H2,1-4H3,(H,32,35). The normalized spacial score (nSPS) is 14.6. The molecule has 3 heterocycles. The largest absolute Gasteiger partial charge is 0.340 e. The Labute approximate surface area is 211 Å². The molecule has 0 aliphatic heterocycles. The number of amides is 1. The molecule has 0 spiro atoms. The number of halogens is 2. The molecule has 1 aromatic carbocycles. The topological polar surface area (TPSA) is 108 Å². The molecule has 186 valence electrons. The monoisotopic (exact) mass is 509 g/mol. The number of hydrogen-bond acceptors (Lipinski definition) is 6. The van der Waals surface area contributed by atoms with E-state index in [4.69, 9.17) is 11.6 Å². The Hall–Kier alpha value is -3.66. The van der Waals surface area contributed by atoms with E-state index < -0.39 is 17.3 Å². The third kappa shape index (κ3) is 3.95. The van der Waals surface area contributed by atoms with Crippen LogP contribution in [0.4, 0.5) is 4.39 Å². The minimum Gasteiger partial charge on any atom is -0.340 e. The van der Waals surface area contributed by atoms with Crippen molar-refractivity contribution in [2.24, 2.45) is 0 Å². The predicted molar refractivity (Wildman–Crippen MR) is 133 cm³/mol. The Bertz CT molecular complexity index is 1560. The van der Waals surface area contributed by atoms with Crippen molar-refractivity contribution in [3.63, 3.8) is 0 Å². The summed E-state index contributed by atoms with van der Waals surface area (Å²) >= 11 is 6.43. The maximum atomic E-state index is 15.6. The van der Waals surface area contributed by atoms with Gasteiger partial charge in [-0.25, -0.2) is 24.0 Å². The minimum atomic E-state index is -0.924. The molecule has 0 atom stereocenters. The number of rotatable bonds is 6. The number of carbonyl (C=O) groups is 1. The van der Waals surface area contributed by atoms with Gasteiger partial charge in [-0.2, -0.15) is 5.10 Å². The van der Waals surface area contributed by atoms with Crippen LogP contribution in [-0.2, 0) is 5.54 Å². The zero-order chi connectivity index (χ0) is 25.8. The molecule has 36 heavy (non-hydrogen) atoms. The summed E-state index contributed by atoms with van der Waals surface area (Å²) in [5, 5.41) is 7.73. The van der Waals surface area contributed by atoms with Crippen LogP contribution in [0.1, 0.15) is 68.8 Å². The molecule has 11 heteroatoms. The van der Waals surface area contributed by atoms with E-state index in [0.29, 0.717) is 18.5 Å². The van der Waals surface area contributed by atoms with Gasteiger partial charge in [-0.3, -0.25) is 14.2 Å². The molecule has 5 rings (SSSR count). The first-order valence-electron chi connectivity index (χ1n) is 11.7. The molecule has 0 unspecified atom stereocenters. The Morgan fingerprint density at radius 1 is 1.11 bits per heavy atom. The minimum absolute atomic E-state index is 0.0242. The lowest BCUT2D eigenvalue weighted by Crippen LogP contribution is -2.36. The first kappa shape index (κ1) is 24.1. The number of hydrogen-bond donors (Lipinski definition) is 1. The number of aromatic nitrogens is 6. The zero-order valence-electron chi connectivity index (χ0n) is 20.3. The second-order valence-electron chi connectivity index (χ2n) is 9.59. The average Bonchev–Trinajstić information content (AvgIpc) is 3.48. The van der Waals surface area contributed by atoms with E-state index in [1.807, 2.05) is 27.7 Å². The van der Waals surface area contributed by atoms with E-state index in [9.17, 15) is 9.59 Å². The number of carbonyl (C=O) groups excluding carboxylic acids is 1. The van der Waals surface area contributed by atoms with Crippen molar-refractivity contribution < 1.29 is 9.18 Å². The maximum Gasteiger partial charge on any atom is 0.289 e. The smallest absolute Gasteiger partial charge is 0.289 e. The van der Waals surface area contributed by atoms with Gasteiger partial charge in [0.15, 0.2) is 5.65 Å². The highest BCUT2D eigenvalue weighted by atomic mass is 35.5. The molecule has 3 aromatic heterocycles. The van der Waals surface area contributed by atoms with Gasteiger partial charge < -0.3 is 5.32 Å². The summed E-state index contributed by atoms with van der Waals surface area (Å²) in [5.74, 6) is -1.22. The van der Waals surface area contributed by atoms with Gasteiger partial charge in [0.2, 0.25) is 5.82 Å². The van der Waals surface area contributed by atoms with Crippen LogP contribution >= 0.6 is 11.6 Å². The van der Waals surface area contributed by atoms with Crippen LogP contribution in [0.3, 0.4) is 0 Å². The third-order valence-electron chi connectivity index (χ3n) is 6.43. The molecule has 1 aliphatic carbocycles. The van der Waals surface area contributed by atoms with Crippen LogP contribution in [0.5, 0.6) is 0 Å². The summed E-state index contributed by atoms with van der Waals surface area (Å²) in [6, 6.07) is 3.11. The molecule has 1 fully saturated rings. The van der Waals surface area contributed by atoms with Crippen LogP contribution in [0.15, 0.2) is 41.8 Å². The van der Waals surface area contributed by atoms with Crippen LogP contribution in [-0.4, -0.2) is 35.2 Å². The van der Waals surface area contributed by atoms with E-state index >= 15 is 4.39 Å². The van der Waals surface area contributed by atoms with Crippen LogP contribution in [0.25, 0.3) is 22.2 Å². The molecule has 1 saturated carbocycles. The molecular weight excluding hydrogens is 485 g/mol. The molecule has 0 radical (unpaired) electrons. The van der Waals surface area contributed by atoms with E-state index in [0.717, 1.165) is 5.39 Å². The van der Waals surface area contributed by atoms with Crippen LogP contribution < -0.4 is 10.9 Å². The fourth-order valence-corrected chi connectivity index (χ4v) is 4.56. The highest BCUT2D eigenvalue weighted by molar-refractivity contribution is 6.33. The summed E-state index contributed by atoms with van der Waals surface area (Å²) in [6.07, 6.45) is 7.08. The van der Waals surface area contributed by atoms with E-state index in [1.54, 1.807) is 29.2 Å². The SMILES string of the molecule is CC(C)n1cncc(-c2ccc(C3(NC(=O)c4ncc5cnn(C(C)C)c5n4)CC3)c(F)c2Cl)c1=O. The lowest BCUT2D eigenvalue weighted by Gasteiger charge is -2.20. The molecule has 1 N–H and O–H groups in total. The molecule has 4 aromatic rings. The second-order valence-corrected chi connectivity index (χ2v) is 9.97. The first-order valence-corrected chi connectivity index (χ1v) is 12.1. The fraction of sp³-hybridized carbons (Fsp3) is 0.360. The van der Waals surface area contributed by atoms with E-state index in [-0.39, 0.29) is 45.2 Å². The Morgan fingerprint density at radius 2 is 1.86 bits per heavy atom. The zero-order valence-corrected chi connectivity index (χ0v) is 21.0. The molecule has 1 aliphatic rings. The van der Waals surface area contributed by atoms with Crippen LogP contribution in [0, 0.1) is 5.82 Å².